The number of amides is 2. The minimum absolute atomic E-state index is 0.0928. The van der Waals surface area contributed by atoms with Crippen LogP contribution in [0.5, 0.6) is 0 Å². The highest BCUT2D eigenvalue weighted by atomic mass is 16.5. The summed E-state index contributed by atoms with van der Waals surface area (Å²) in [5.41, 5.74) is 4.99. The second kappa shape index (κ2) is 11.2. The van der Waals surface area contributed by atoms with E-state index in [-0.39, 0.29) is 11.8 Å². The summed E-state index contributed by atoms with van der Waals surface area (Å²) in [4.78, 5) is 38.2. The van der Waals surface area contributed by atoms with Gasteiger partial charge < -0.3 is 29.7 Å². The van der Waals surface area contributed by atoms with Crippen molar-refractivity contribution in [3.05, 3.63) is 95.7 Å². The number of methoxy groups -OCH3 is 1. The number of fused-ring (bicyclic) bond motifs is 2. The van der Waals surface area contributed by atoms with Crippen LogP contribution in [0.3, 0.4) is 0 Å². The Labute approximate surface area is 234 Å². The fourth-order valence-corrected chi connectivity index (χ4v) is 6.11. The van der Waals surface area contributed by atoms with Crippen LogP contribution in [0.2, 0.25) is 0 Å². The molecule has 0 aliphatic carbocycles. The molecule has 0 spiro atoms. The molecule has 1 fully saturated rings. The molecule has 2 aliphatic rings. The van der Waals surface area contributed by atoms with E-state index in [1.54, 1.807) is 12.0 Å². The van der Waals surface area contributed by atoms with E-state index in [4.69, 9.17) is 4.74 Å². The van der Waals surface area contributed by atoms with Crippen LogP contribution in [-0.2, 0) is 9.53 Å². The summed E-state index contributed by atoms with van der Waals surface area (Å²) >= 11 is 0. The van der Waals surface area contributed by atoms with Crippen LogP contribution in [0.15, 0.2) is 79.0 Å². The Morgan fingerprint density at radius 3 is 2.50 bits per heavy atom. The van der Waals surface area contributed by atoms with E-state index in [2.05, 4.69) is 33.2 Å². The molecule has 3 heterocycles. The molecular weight excluding hydrogens is 502 g/mol. The van der Waals surface area contributed by atoms with E-state index in [0.717, 1.165) is 59.6 Å². The second-order valence-electron chi connectivity index (χ2n) is 10.6. The number of aromatic amines is 1. The van der Waals surface area contributed by atoms with Crippen LogP contribution in [0.25, 0.3) is 10.9 Å². The summed E-state index contributed by atoms with van der Waals surface area (Å²) < 4.78 is 5.40. The van der Waals surface area contributed by atoms with Crippen molar-refractivity contribution in [3.8, 4) is 0 Å². The maximum atomic E-state index is 14.5. The average Bonchev–Trinajstić information content (AvgIpc) is 3.41. The monoisotopic (exact) mass is 537 g/mol. The fourth-order valence-electron chi connectivity index (χ4n) is 6.11. The molecule has 1 saturated heterocycles. The summed E-state index contributed by atoms with van der Waals surface area (Å²) in [6, 6.07) is 23.0. The molecule has 2 amide bonds. The van der Waals surface area contributed by atoms with Crippen LogP contribution in [0, 0.1) is 0 Å². The van der Waals surface area contributed by atoms with Crippen LogP contribution >= 0.6 is 0 Å². The lowest BCUT2D eigenvalue weighted by Gasteiger charge is -2.41. The molecule has 0 bridgehead atoms. The van der Waals surface area contributed by atoms with Gasteiger partial charge in [-0.3, -0.25) is 9.59 Å². The zero-order valence-electron chi connectivity index (χ0n) is 23.0. The molecule has 3 aromatic carbocycles. The SMILES string of the molecule is COCCN1C(=O)c2ccccc2[C@H](C(=O)Nc2ccccc2N2CCN(C)CC2)[C@H]1c1c[nH]c2ccccc12. The molecule has 40 heavy (non-hydrogen) atoms. The molecule has 8 heteroatoms. The zero-order chi connectivity index (χ0) is 27.6. The highest BCUT2D eigenvalue weighted by Gasteiger charge is 2.45. The molecule has 6 rings (SSSR count). The third-order valence-corrected chi connectivity index (χ3v) is 8.20. The number of rotatable bonds is 7. The van der Waals surface area contributed by atoms with Crippen LogP contribution in [-0.4, -0.2) is 80.1 Å². The number of benzene rings is 3. The minimum atomic E-state index is -0.620. The number of piperazine rings is 1. The zero-order valence-corrected chi connectivity index (χ0v) is 23.0. The van der Waals surface area contributed by atoms with Crippen LogP contribution in [0.1, 0.15) is 33.4 Å². The number of hydrogen-bond donors (Lipinski definition) is 2. The molecular formula is C32H35N5O3. The Morgan fingerprint density at radius 2 is 1.68 bits per heavy atom. The number of para-hydroxylation sites is 3. The van der Waals surface area contributed by atoms with Crippen molar-refractivity contribution in [1.82, 2.24) is 14.8 Å². The summed E-state index contributed by atoms with van der Waals surface area (Å²) in [7, 11) is 3.76. The lowest BCUT2D eigenvalue weighted by atomic mass is 9.79. The third kappa shape index (κ3) is 4.74. The predicted octanol–water partition coefficient (Wildman–Crippen LogP) is 4.49. The van der Waals surface area contributed by atoms with E-state index in [1.807, 2.05) is 72.9 Å². The lowest BCUT2D eigenvalue weighted by molar-refractivity contribution is -0.119. The molecule has 2 atom stereocenters. The number of H-pyrrole nitrogens is 1. The molecule has 0 unspecified atom stereocenters. The first-order valence-electron chi connectivity index (χ1n) is 13.8. The van der Waals surface area contributed by atoms with E-state index >= 15 is 0 Å². The van der Waals surface area contributed by atoms with Gasteiger partial charge >= 0.3 is 0 Å². The molecule has 0 saturated carbocycles. The number of ether oxygens (including phenoxy) is 1. The smallest absolute Gasteiger partial charge is 0.254 e. The normalized spacial score (nSPS) is 19.6. The highest BCUT2D eigenvalue weighted by molar-refractivity contribution is 6.06. The second-order valence-corrected chi connectivity index (χ2v) is 10.6. The first-order valence-corrected chi connectivity index (χ1v) is 13.8. The molecule has 4 aromatic rings. The maximum Gasteiger partial charge on any atom is 0.254 e. The Kier molecular flexibility index (Phi) is 7.28. The van der Waals surface area contributed by atoms with Gasteiger partial charge in [0.25, 0.3) is 5.91 Å². The van der Waals surface area contributed by atoms with E-state index in [9.17, 15) is 9.59 Å². The van der Waals surface area contributed by atoms with E-state index in [0.29, 0.717) is 18.7 Å². The standard InChI is InChI=1S/C32H35N5O3/c1-35-15-17-36(18-16-35)28-14-8-7-13-27(28)34-31(38)29-23-10-3-4-11-24(23)32(39)37(19-20-40-2)30(29)25-21-33-26-12-6-5-9-22(25)26/h3-14,21,29-30,33H,15-20H2,1-2H3,(H,34,38)/t29-,30+/m0/s1. The lowest BCUT2D eigenvalue weighted by Crippen LogP contribution is -2.47. The minimum Gasteiger partial charge on any atom is -0.383 e. The Bertz CT molecular complexity index is 1520. The average molecular weight is 538 g/mol. The van der Waals surface area contributed by atoms with Gasteiger partial charge in [-0.1, -0.05) is 48.5 Å². The number of aromatic nitrogens is 1. The maximum absolute atomic E-state index is 14.5. The molecule has 2 N–H and O–H groups in total. The molecule has 1 aromatic heterocycles. The third-order valence-electron chi connectivity index (χ3n) is 8.20. The number of likely N-dealkylation sites (N-methyl/N-ethyl adjacent to an activating group) is 1. The van der Waals surface area contributed by atoms with E-state index < -0.39 is 12.0 Å². The van der Waals surface area contributed by atoms with Crippen molar-refractivity contribution >= 4 is 34.1 Å². The number of hydrogen-bond acceptors (Lipinski definition) is 5. The molecule has 2 aliphatic heterocycles. The van der Waals surface area contributed by atoms with Gasteiger partial charge in [-0.05, 0) is 36.9 Å². The first kappa shape index (κ1) is 26.1. The largest absolute Gasteiger partial charge is 0.383 e. The highest BCUT2D eigenvalue weighted by Crippen LogP contribution is 2.45. The molecule has 8 nitrogen and oxygen atoms in total. The molecule has 0 radical (unpaired) electrons. The van der Waals surface area contributed by atoms with Crippen molar-refractivity contribution in [2.45, 2.75) is 12.0 Å². The number of nitrogens with zero attached hydrogens (tertiary/aromatic N) is 3. The van der Waals surface area contributed by atoms with Gasteiger partial charge in [0.1, 0.15) is 0 Å². The number of nitrogens with one attached hydrogen (secondary N) is 2. The van der Waals surface area contributed by atoms with Crippen molar-refractivity contribution in [2.24, 2.45) is 0 Å². The summed E-state index contributed by atoms with van der Waals surface area (Å²) in [6.45, 7) is 4.47. The van der Waals surface area contributed by atoms with Gasteiger partial charge in [-0.25, -0.2) is 0 Å². The van der Waals surface area contributed by atoms with Gasteiger partial charge in [-0.15, -0.1) is 0 Å². The topological polar surface area (TPSA) is 80.9 Å². The Hall–Kier alpha value is -4.14. The quantitative estimate of drug-likeness (QED) is 0.363. The summed E-state index contributed by atoms with van der Waals surface area (Å²) in [5, 5.41) is 4.29. The van der Waals surface area contributed by atoms with Crippen LogP contribution in [0.4, 0.5) is 11.4 Å². The Balaban J connectivity index is 1.44. The number of anilines is 2. The van der Waals surface area contributed by atoms with Gasteiger partial charge in [-0.2, -0.15) is 0 Å². The summed E-state index contributed by atoms with van der Waals surface area (Å²) in [6.07, 6.45) is 1.94. The number of carbonyl (C=O) groups is 2. The van der Waals surface area contributed by atoms with Crippen molar-refractivity contribution in [1.29, 1.82) is 0 Å². The summed E-state index contributed by atoms with van der Waals surface area (Å²) in [5.74, 6) is -0.852. The Morgan fingerprint density at radius 1 is 0.950 bits per heavy atom. The van der Waals surface area contributed by atoms with Crippen molar-refractivity contribution in [2.75, 3.05) is 63.7 Å². The van der Waals surface area contributed by atoms with Crippen molar-refractivity contribution < 1.29 is 14.3 Å². The van der Waals surface area contributed by atoms with Gasteiger partial charge in [0, 0.05) is 68.1 Å². The van der Waals surface area contributed by atoms with Gasteiger partial charge in [0.2, 0.25) is 5.91 Å². The van der Waals surface area contributed by atoms with E-state index in [1.165, 1.54) is 0 Å². The predicted molar refractivity (Wildman–Crippen MR) is 158 cm³/mol. The van der Waals surface area contributed by atoms with Gasteiger partial charge in [0.15, 0.2) is 0 Å². The number of carbonyl (C=O) groups excluding carboxylic acids is 2. The van der Waals surface area contributed by atoms with Crippen molar-refractivity contribution in [3.63, 3.8) is 0 Å². The first-order chi connectivity index (χ1) is 19.6. The molecule has 206 valence electrons. The van der Waals surface area contributed by atoms with Crippen LogP contribution < -0.4 is 10.2 Å². The van der Waals surface area contributed by atoms with Gasteiger partial charge in [0.05, 0.1) is 29.9 Å². The fraction of sp³-hybridized carbons (Fsp3) is 0.312.